The van der Waals surface area contributed by atoms with Crippen LogP contribution in [0.15, 0.2) is 24.3 Å². The smallest absolute Gasteiger partial charge is 0.216 e. The first-order chi connectivity index (χ1) is 19.7. The van der Waals surface area contributed by atoms with Crippen molar-refractivity contribution in [1.82, 2.24) is 9.03 Å². The van der Waals surface area contributed by atoms with Crippen LogP contribution in [0.5, 0.6) is 5.75 Å². The summed E-state index contributed by atoms with van der Waals surface area (Å²) in [7, 11) is -6.97. The molecule has 0 aliphatic carbocycles. The summed E-state index contributed by atoms with van der Waals surface area (Å²) >= 11 is 0. The van der Waals surface area contributed by atoms with Crippen LogP contribution >= 0.6 is 0 Å². The van der Waals surface area contributed by atoms with Gasteiger partial charge in [-0.1, -0.05) is 72.1 Å². The molecule has 1 aliphatic heterocycles. The van der Waals surface area contributed by atoms with Crippen LogP contribution < -0.4 is 14.4 Å². The molecule has 0 radical (unpaired) electrons. The van der Waals surface area contributed by atoms with Crippen molar-refractivity contribution in [2.45, 2.75) is 85.0 Å². The Hall–Kier alpha value is -1.40. The van der Waals surface area contributed by atoms with Gasteiger partial charge in [-0.05, 0) is 43.0 Å². The molecule has 1 heterocycles. The zero-order valence-corrected chi connectivity index (χ0v) is 27.3. The molecule has 1 atom stereocenters. The van der Waals surface area contributed by atoms with E-state index in [9.17, 15) is 16.8 Å². The second-order valence-corrected chi connectivity index (χ2v) is 15.0. The maximum absolute atomic E-state index is 13.0. The Kier molecular flexibility index (Phi) is 17.2. The molecule has 0 amide bonds. The zero-order valence-electron chi connectivity index (χ0n) is 25.7. The Morgan fingerprint density at radius 1 is 0.878 bits per heavy atom. The summed E-state index contributed by atoms with van der Waals surface area (Å²) in [5.74, 6) is 1.09. The van der Waals surface area contributed by atoms with Crippen LogP contribution in [0.3, 0.4) is 0 Å². The molecule has 0 spiro atoms. The maximum atomic E-state index is 13.0. The van der Waals surface area contributed by atoms with Crippen LogP contribution in [0.4, 0.5) is 5.69 Å². The maximum Gasteiger partial charge on any atom is 0.216 e. The molecular weight excluding hydrogens is 562 g/mol. The van der Waals surface area contributed by atoms with E-state index in [0.29, 0.717) is 45.4 Å². The highest BCUT2D eigenvalue weighted by atomic mass is 32.2. The van der Waals surface area contributed by atoms with Gasteiger partial charge < -0.3 is 14.4 Å². The fourth-order valence-electron chi connectivity index (χ4n) is 4.85. The summed E-state index contributed by atoms with van der Waals surface area (Å²) in [6.07, 6.45) is 11.1. The largest absolute Gasteiger partial charge is 0.493 e. The van der Waals surface area contributed by atoms with Crippen molar-refractivity contribution < 1.29 is 26.3 Å². The Labute approximate surface area is 250 Å². The number of benzene rings is 1. The van der Waals surface area contributed by atoms with E-state index in [2.05, 4.69) is 25.5 Å². The summed E-state index contributed by atoms with van der Waals surface area (Å²) in [4.78, 5) is 1.85. The number of rotatable bonds is 23. The molecule has 1 aromatic rings. The van der Waals surface area contributed by atoms with Crippen LogP contribution in [0.1, 0.15) is 85.0 Å². The molecule has 238 valence electrons. The number of morpholine rings is 1. The van der Waals surface area contributed by atoms with Gasteiger partial charge in [0.25, 0.3) is 0 Å². The zero-order chi connectivity index (χ0) is 30.0. The van der Waals surface area contributed by atoms with Gasteiger partial charge in [-0.3, -0.25) is 0 Å². The molecule has 2 rings (SSSR count). The number of hydrogen-bond donors (Lipinski definition) is 1. The van der Waals surface area contributed by atoms with E-state index in [0.717, 1.165) is 43.5 Å². The third kappa shape index (κ3) is 14.6. The molecule has 41 heavy (non-hydrogen) atoms. The predicted molar refractivity (Wildman–Crippen MR) is 169 cm³/mol. The number of unbranched alkanes of at least 4 members (excludes halogenated alkanes) is 6. The van der Waals surface area contributed by atoms with Crippen molar-refractivity contribution in [2.24, 2.45) is 5.92 Å². The SMILES string of the molecule is CCCCCCCCNS(=O)(=O)CCN(CCS(=O)(=O)N1CCOCC1)c1ccc(OCC(CC)CCCC)cc1. The lowest BCUT2D eigenvalue weighted by Gasteiger charge is -2.29. The van der Waals surface area contributed by atoms with Crippen molar-refractivity contribution in [3.63, 3.8) is 0 Å². The highest BCUT2D eigenvalue weighted by Crippen LogP contribution is 2.22. The lowest BCUT2D eigenvalue weighted by Crippen LogP contribution is -2.44. The van der Waals surface area contributed by atoms with Crippen LogP contribution in [-0.4, -0.2) is 85.2 Å². The summed E-state index contributed by atoms with van der Waals surface area (Å²) in [6.45, 7) is 9.53. The molecule has 11 heteroatoms. The normalized spacial score (nSPS) is 15.6. The number of anilines is 1. The van der Waals surface area contributed by atoms with Gasteiger partial charge >= 0.3 is 0 Å². The lowest BCUT2D eigenvalue weighted by atomic mass is 10.0. The van der Waals surface area contributed by atoms with Crippen molar-refractivity contribution in [1.29, 1.82) is 0 Å². The van der Waals surface area contributed by atoms with Crippen molar-refractivity contribution in [2.75, 3.05) is 69.0 Å². The number of nitrogens with zero attached hydrogens (tertiary/aromatic N) is 2. The number of hydrogen-bond acceptors (Lipinski definition) is 7. The van der Waals surface area contributed by atoms with Gasteiger partial charge in [0.15, 0.2) is 0 Å². The van der Waals surface area contributed by atoms with Crippen molar-refractivity contribution in [3.05, 3.63) is 24.3 Å². The number of sulfonamides is 2. The molecule has 0 bridgehead atoms. The fourth-order valence-corrected chi connectivity index (χ4v) is 7.33. The van der Waals surface area contributed by atoms with E-state index in [1.54, 1.807) is 0 Å². The minimum absolute atomic E-state index is 0.0912. The van der Waals surface area contributed by atoms with Crippen LogP contribution in [-0.2, 0) is 24.8 Å². The summed E-state index contributed by atoms with van der Waals surface area (Å²) < 4.78 is 67.0. The van der Waals surface area contributed by atoms with Crippen molar-refractivity contribution in [3.8, 4) is 5.75 Å². The van der Waals surface area contributed by atoms with Gasteiger partial charge in [0, 0.05) is 38.4 Å². The van der Waals surface area contributed by atoms with E-state index in [4.69, 9.17) is 9.47 Å². The van der Waals surface area contributed by atoms with Gasteiger partial charge in [0.05, 0.1) is 31.3 Å². The topological polar surface area (TPSA) is 105 Å². The molecule has 1 N–H and O–H groups in total. The molecule has 1 fully saturated rings. The summed E-state index contributed by atoms with van der Waals surface area (Å²) in [6, 6.07) is 7.55. The molecule has 1 aromatic carbocycles. The van der Waals surface area contributed by atoms with Gasteiger partial charge in [0.1, 0.15) is 5.75 Å². The fraction of sp³-hybridized carbons (Fsp3) is 0.800. The summed E-state index contributed by atoms with van der Waals surface area (Å²) in [5, 5.41) is 0. The second-order valence-electron chi connectivity index (χ2n) is 11.0. The Balaban J connectivity index is 2.00. The highest BCUT2D eigenvalue weighted by molar-refractivity contribution is 7.89. The molecular formula is C30H55N3O6S2. The minimum Gasteiger partial charge on any atom is -0.493 e. The minimum atomic E-state index is -3.49. The molecule has 1 saturated heterocycles. The standard InChI is InChI=1S/C30H55N3O6S2/c1-4-7-9-10-11-12-18-31-40(34,35)25-21-32(22-26-41(36,37)33-19-23-38-24-20-33)29-14-16-30(17-15-29)39-27-28(6-3)13-8-5-2/h14-17,28,31H,4-13,18-27H2,1-3H3. The van der Waals surface area contributed by atoms with E-state index < -0.39 is 20.0 Å². The quantitative estimate of drug-likeness (QED) is 0.172. The molecule has 1 aliphatic rings. The van der Waals surface area contributed by atoms with Crippen molar-refractivity contribution >= 4 is 25.7 Å². The average molecular weight is 618 g/mol. The number of ether oxygens (including phenoxy) is 2. The first-order valence-corrected chi connectivity index (χ1v) is 19.0. The Morgan fingerprint density at radius 3 is 2.17 bits per heavy atom. The van der Waals surface area contributed by atoms with Crippen LogP contribution in [0.2, 0.25) is 0 Å². The number of nitrogens with one attached hydrogen (secondary N) is 1. The molecule has 0 aromatic heterocycles. The van der Waals surface area contributed by atoms with Gasteiger partial charge in [-0.15, -0.1) is 0 Å². The van der Waals surface area contributed by atoms with Gasteiger partial charge in [-0.25, -0.2) is 21.6 Å². The van der Waals surface area contributed by atoms with Gasteiger partial charge in [0.2, 0.25) is 20.0 Å². The lowest BCUT2D eigenvalue weighted by molar-refractivity contribution is 0.0731. The second kappa shape index (κ2) is 19.7. The van der Waals surface area contributed by atoms with Gasteiger partial charge in [-0.2, -0.15) is 4.31 Å². The van der Waals surface area contributed by atoms with E-state index in [-0.39, 0.29) is 24.6 Å². The predicted octanol–water partition coefficient (Wildman–Crippen LogP) is 5.03. The molecule has 1 unspecified atom stereocenters. The third-order valence-corrected chi connectivity index (χ3v) is 10.9. The Bertz CT molecular complexity index is 1030. The first-order valence-electron chi connectivity index (χ1n) is 15.7. The summed E-state index contributed by atoms with van der Waals surface area (Å²) in [5.41, 5.74) is 0.777. The third-order valence-electron chi connectivity index (χ3n) is 7.70. The first kappa shape index (κ1) is 35.8. The van der Waals surface area contributed by atoms with E-state index in [1.807, 2.05) is 29.2 Å². The molecule has 0 saturated carbocycles. The monoisotopic (exact) mass is 617 g/mol. The highest BCUT2D eigenvalue weighted by Gasteiger charge is 2.25. The van der Waals surface area contributed by atoms with E-state index in [1.165, 1.54) is 36.4 Å². The average Bonchev–Trinajstić information content (AvgIpc) is 2.97. The molecule has 9 nitrogen and oxygen atoms in total. The van der Waals surface area contributed by atoms with E-state index >= 15 is 0 Å². The van der Waals surface area contributed by atoms with Crippen LogP contribution in [0.25, 0.3) is 0 Å². The Morgan fingerprint density at radius 2 is 1.51 bits per heavy atom. The van der Waals surface area contributed by atoms with Crippen LogP contribution in [0, 0.1) is 5.92 Å².